The largest absolute Gasteiger partial charge is 0.381 e. The number of hydrogen-bond donors (Lipinski definition) is 0. The summed E-state index contributed by atoms with van der Waals surface area (Å²) in [5, 5.41) is 0.598. The van der Waals surface area contributed by atoms with E-state index in [1.165, 1.54) is 0 Å². The molecule has 152 valence electrons. The number of aromatic nitrogens is 2. The van der Waals surface area contributed by atoms with Crippen molar-refractivity contribution in [1.29, 1.82) is 0 Å². The van der Waals surface area contributed by atoms with E-state index in [1.807, 2.05) is 66.2 Å². The Hall–Kier alpha value is -2.18. The molecule has 0 amide bonds. The maximum absolute atomic E-state index is 6.76. The normalized spacial score (nSPS) is 22.0. The molecule has 0 radical (unpaired) electrons. The minimum atomic E-state index is -0.950. The van der Waals surface area contributed by atoms with Crippen LogP contribution in [0.3, 0.4) is 0 Å². The number of benzene rings is 2. The van der Waals surface area contributed by atoms with Crippen molar-refractivity contribution >= 4 is 11.6 Å². The van der Waals surface area contributed by atoms with Crippen LogP contribution in [0.5, 0.6) is 0 Å². The number of imidazole rings is 1. The van der Waals surface area contributed by atoms with E-state index in [2.05, 4.69) is 4.98 Å². The van der Waals surface area contributed by atoms with Gasteiger partial charge in [-0.05, 0) is 31.0 Å². The summed E-state index contributed by atoms with van der Waals surface area (Å²) in [7, 11) is 1.73. The van der Waals surface area contributed by atoms with Gasteiger partial charge in [0.1, 0.15) is 5.82 Å². The maximum Gasteiger partial charge on any atom is 0.199 e. The fourth-order valence-corrected chi connectivity index (χ4v) is 4.09. The van der Waals surface area contributed by atoms with Gasteiger partial charge in [0.05, 0.1) is 24.3 Å². The molecule has 0 bridgehead atoms. The molecule has 1 aliphatic rings. The zero-order chi connectivity index (χ0) is 20.3. The topological polar surface area (TPSA) is 45.5 Å². The summed E-state index contributed by atoms with van der Waals surface area (Å²) in [5.41, 5.74) is 2.85. The summed E-state index contributed by atoms with van der Waals surface area (Å²) in [4.78, 5) is 4.29. The van der Waals surface area contributed by atoms with Crippen molar-refractivity contribution < 1.29 is 14.2 Å². The Morgan fingerprint density at radius 2 is 2.07 bits per heavy atom. The predicted octanol–water partition coefficient (Wildman–Crippen LogP) is 5.03. The average molecular weight is 413 g/mol. The molecule has 0 spiro atoms. The Labute approximate surface area is 176 Å². The van der Waals surface area contributed by atoms with Crippen LogP contribution < -0.4 is 0 Å². The molecule has 6 heteroatoms. The highest BCUT2D eigenvalue weighted by Crippen LogP contribution is 2.42. The second-order valence-corrected chi connectivity index (χ2v) is 7.64. The summed E-state index contributed by atoms with van der Waals surface area (Å²) in [6, 6.07) is 16.0. The van der Waals surface area contributed by atoms with E-state index in [9.17, 15) is 0 Å². The third-order valence-electron chi connectivity index (χ3n) is 5.39. The first-order chi connectivity index (χ1) is 14.1. The molecule has 29 heavy (non-hydrogen) atoms. The summed E-state index contributed by atoms with van der Waals surface area (Å²) in [6.45, 7) is 2.93. The zero-order valence-corrected chi connectivity index (χ0v) is 17.4. The quantitative estimate of drug-likeness (QED) is 0.569. The van der Waals surface area contributed by atoms with Gasteiger partial charge in [-0.25, -0.2) is 4.98 Å². The first-order valence-corrected chi connectivity index (χ1v) is 10.1. The van der Waals surface area contributed by atoms with Crippen LogP contribution in [0.25, 0.3) is 5.69 Å². The van der Waals surface area contributed by atoms with Crippen molar-refractivity contribution in [2.24, 2.45) is 0 Å². The van der Waals surface area contributed by atoms with E-state index in [4.69, 9.17) is 25.8 Å². The van der Waals surface area contributed by atoms with Crippen LogP contribution in [-0.2, 0) is 26.6 Å². The van der Waals surface area contributed by atoms with Crippen LogP contribution >= 0.6 is 11.6 Å². The van der Waals surface area contributed by atoms with Gasteiger partial charge in [-0.15, -0.1) is 0 Å². The van der Waals surface area contributed by atoms with Crippen LogP contribution in [0.1, 0.15) is 29.8 Å². The summed E-state index contributed by atoms with van der Waals surface area (Å²) < 4.78 is 20.3. The van der Waals surface area contributed by atoms with E-state index in [0.29, 0.717) is 24.7 Å². The Morgan fingerprint density at radius 1 is 1.24 bits per heavy atom. The lowest BCUT2D eigenvalue weighted by Crippen LogP contribution is -2.42. The number of methoxy groups -OCH3 is 1. The molecule has 1 saturated heterocycles. The summed E-state index contributed by atoms with van der Waals surface area (Å²) >= 11 is 6.76. The third-order valence-corrected chi connectivity index (χ3v) is 5.70. The van der Waals surface area contributed by atoms with Gasteiger partial charge in [0.25, 0.3) is 0 Å². The Bertz CT molecular complexity index is 960. The number of hydrogen-bond acceptors (Lipinski definition) is 4. The van der Waals surface area contributed by atoms with Crippen molar-refractivity contribution in [2.75, 3.05) is 13.7 Å². The predicted molar refractivity (Wildman–Crippen MR) is 112 cm³/mol. The van der Waals surface area contributed by atoms with Crippen molar-refractivity contribution in [3.8, 4) is 5.69 Å². The molecule has 1 fully saturated rings. The molecule has 2 heterocycles. The molecule has 2 atom stereocenters. The van der Waals surface area contributed by atoms with Gasteiger partial charge in [-0.3, -0.25) is 0 Å². The standard InChI is InChI=1S/C23H25ClN2O3/c1-17-25-11-12-26(17)19-8-9-21(22(24)14-19)23(15-20(27-2)10-13-28-23)29-16-18-6-4-3-5-7-18/h3-9,11-12,14,20H,10,13,15-16H2,1-2H3. The van der Waals surface area contributed by atoms with Crippen molar-refractivity contribution in [1.82, 2.24) is 9.55 Å². The van der Waals surface area contributed by atoms with Gasteiger partial charge in [-0.1, -0.05) is 48.0 Å². The van der Waals surface area contributed by atoms with Crippen LogP contribution in [0, 0.1) is 6.92 Å². The van der Waals surface area contributed by atoms with E-state index in [0.717, 1.165) is 29.1 Å². The van der Waals surface area contributed by atoms with Crippen LogP contribution in [0.4, 0.5) is 0 Å². The first kappa shape index (κ1) is 20.1. The minimum absolute atomic E-state index is 0.0474. The second-order valence-electron chi connectivity index (χ2n) is 7.23. The number of rotatable bonds is 6. The monoisotopic (exact) mass is 412 g/mol. The van der Waals surface area contributed by atoms with E-state index < -0.39 is 5.79 Å². The number of ether oxygens (including phenoxy) is 3. The maximum atomic E-state index is 6.76. The van der Waals surface area contributed by atoms with Crippen LogP contribution in [-0.4, -0.2) is 29.4 Å². The summed E-state index contributed by atoms with van der Waals surface area (Å²) in [6.07, 6.45) is 5.15. The molecule has 0 saturated carbocycles. The molecule has 3 aromatic rings. The molecular weight excluding hydrogens is 388 g/mol. The smallest absolute Gasteiger partial charge is 0.199 e. The minimum Gasteiger partial charge on any atom is -0.381 e. The van der Waals surface area contributed by atoms with E-state index in [-0.39, 0.29) is 6.10 Å². The molecule has 0 N–H and O–H groups in total. The fraction of sp³-hybridized carbons (Fsp3) is 0.348. The Kier molecular flexibility index (Phi) is 6.01. The molecule has 1 aromatic heterocycles. The van der Waals surface area contributed by atoms with E-state index in [1.54, 1.807) is 13.3 Å². The highest BCUT2D eigenvalue weighted by atomic mass is 35.5. The van der Waals surface area contributed by atoms with Crippen molar-refractivity contribution in [3.05, 3.63) is 82.9 Å². The van der Waals surface area contributed by atoms with Gasteiger partial charge < -0.3 is 18.8 Å². The highest BCUT2D eigenvalue weighted by Gasteiger charge is 2.42. The lowest BCUT2D eigenvalue weighted by molar-refractivity contribution is -0.288. The van der Waals surface area contributed by atoms with Gasteiger partial charge in [-0.2, -0.15) is 0 Å². The lowest BCUT2D eigenvalue weighted by atomic mass is 9.94. The first-order valence-electron chi connectivity index (χ1n) is 9.76. The van der Waals surface area contributed by atoms with Crippen LogP contribution in [0.15, 0.2) is 60.9 Å². The molecule has 1 aliphatic heterocycles. The van der Waals surface area contributed by atoms with E-state index >= 15 is 0 Å². The molecule has 5 nitrogen and oxygen atoms in total. The molecular formula is C23H25ClN2O3. The van der Waals surface area contributed by atoms with Crippen LogP contribution in [0.2, 0.25) is 5.02 Å². The fourth-order valence-electron chi connectivity index (χ4n) is 3.77. The molecule has 4 rings (SSSR count). The second kappa shape index (κ2) is 8.67. The van der Waals surface area contributed by atoms with Gasteiger partial charge in [0, 0.05) is 37.2 Å². The highest BCUT2D eigenvalue weighted by molar-refractivity contribution is 6.31. The number of nitrogens with zero attached hydrogens (tertiary/aromatic N) is 2. The van der Waals surface area contributed by atoms with Gasteiger partial charge >= 0.3 is 0 Å². The lowest BCUT2D eigenvalue weighted by Gasteiger charge is -2.41. The van der Waals surface area contributed by atoms with Crippen molar-refractivity contribution in [3.63, 3.8) is 0 Å². The molecule has 0 aliphatic carbocycles. The third kappa shape index (κ3) is 4.23. The Balaban J connectivity index is 1.68. The Morgan fingerprint density at radius 3 is 2.76 bits per heavy atom. The van der Waals surface area contributed by atoms with Crippen molar-refractivity contribution in [2.45, 2.75) is 38.3 Å². The van der Waals surface area contributed by atoms with Gasteiger partial charge in [0.2, 0.25) is 0 Å². The number of aryl methyl sites for hydroxylation is 1. The molecule has 2 unspecified atom stereocenters. The molecule has 2 aromatic carbocycles. The zero-order valence-electron chi connectivity index (χ0n) is 16.7. The summed E-state index contributed by atoms with van der Waals surface area (Å²) in [5.74, 6) is -0.0498. The van der Waals surface area contributed by atoms with Gasteiger partial charge in [0.15, 0.2) is 5.79 Å². The SMILES string of the molecule is COC1CCOC(OCc2ccccc2)(c2ccc(-n3ccnc3C)cc2Cl)C1. The average Bonchev–Trinajstić information content (AvgIpc) is 3.19. The number of halogens is 1.